The van der Waals surface area contributed by atoms with Crippen molar-refractivity contribution in [3.8, 4) is 5.88 Å². The van der Waals surface area contributed by atoms with Crippen molar-refractivity contribution in [1.82, 2.24) is 15.1 Å². The van der Waals surface area contributed by atoms with Gasteiger partial charge in [-0.3, -0.25) is 9.59 Å². The van der Waals surface area contributed by atoms with E-state index in [1.807, 2.05) is 0 Å². The van der Waals surface area contributed by atoms with Crippen LogP contribution in [0.2, 0.25) is 10.0 Å². The van der Waals surface area contributed by atoms with E-state index < -0.39 is 0 Å². The van der Waals surface area contributed by atoms with Crippen LogP contribution >= 0.6 is 23.2 Å². The molecule has 24 heavy (non-hydrogen) atoms. The van der Waals surface area contributed by atoms with Crippen molar-refractivity contribution in [2.45, 2.75) is 13.8 Å². The van der Waals surface area contributed by atoms with Crippen LogP contribution < -0.4 is 10.1 Å². The predicted octanol–water partition coefficient (Wildman–Crippen LogP) is 2.70. The summed E-state index contributed by atoms with van der Waals surface area (Å²) in [6, 6.07) is 1.63. The zero-order valence-corrected chi connectivity index (χ0v) is 15.2. The van der Waals surface area contributed by atoms with E-state index in [1.54, 1.807) is 27.0 Å². The minimum absolute atomic E-state index is 0.199. The quantitative estimate of drug-likeness (QED) is 0.822. The van der Waals surface area contributed by atoms with Gasteiger partial charge >= 0.3 is 0 Å². The van der Waals surface area contributed by atoms with Crippen LogP contribution in [0.1, 0.15) is 27.0 Å². The van der Waals surface area contributed by atoms with Gasteiger partial charge in [-0.2, -0.15) is 5.10 Å². The Hall–Kier alpha value is -2.05. The lowest BCUT2D eigenvalue weighted by Crippen LogP contribution is -2.25. The van der Waals surface area contributed by atoms with E-state index in [-0.39, 0.29) is 34.8 Å². The number of carbonyl (C=O) groups excluding carboxylic acids is 2. The normalized spacial score (nSPS) is 10.6. The molecule has 8 heteroatoms. The van der Waals surface area contributed by atoms with Crippen molar-refractivity contribution in [1.29, 1.82) is 0 Å². The Labute approximate surface area is 149 Å². The first-order chi connectivity index (χ1) is 11.3. The minimum Gasteiger partial charge on any atom is -0.467 e. The van der Waals surface area contributed by atoms with E-state index in [0.717, 1.165) is 5.56 Å². The first-order valence-electron chi connectivity index (χ1n) is 7.13. The molecular weight excluding hydrogens is 353 g/mol. The summed E-state index contributed by atoms with van der Waals surface area (Å²) in [5.41, 5.74) is 1.93. The third-order valence-electron chi connectivity index (χ3n) is 3.59. The van der Waals surface area contributed by atoms with Crippen LogP contribution in [0.15, 0.2) is 12.3 Å². The molecule has 0 spiro atoms. The van der Waals surface area contributed by atoms with Crippen LogP contribution in [0, 0.1) is 13.8 Å². The average Bonchev–Trinajstić information content (AvgIpc) is 2.94. The summed E-state index contributed by atoms with van der Waals surface area (Å²) in [5, 5.41) is 7.29. The number of halogens is 2. The van der Waals surface area contributed by atoms with E-state index in [1.165, 1.54) is 17.9 Å². The predicted molar refractivity (Wildman–Crippen MR) is 92.1 cm³/mol. The van der Waals surface area contributed by atoms with Crippen molar-refractivity contribution >= 4 is 34.9 Å². The zero-order chi connectivity index (χ0) is 18.0. The molecule has 0 saturated carbocycles. The van der Waals surface area contributed by atoms with Gasteiger partial charge in [0.1, 0.15) is 5.56 Å². The molecule has 6 nitrogen and oxygen atoms in total. The number of nitrogens with zero attached hydrogens (tertiary/aromatic N) is 2. The summed E-state index contributed by atoms with van der Waals surface area (Å²) in [6.07, 6.45) is 1.39. The highest BCUT2D eigenvalue weighted by atomic mass is 35.5. The Morgan fingerprint density at radius 2 is 1.92 bits per heavy atom. The molecule has 0 aliphatic carbocycles. The third kappa shape index (κ3) is 3.39. The van der Waals surface area contributed by atoms with Gasteiger partial charge in [0.25, 0.3) is 5.91 Å². The standard InChI is InChI=1S/C16H17Cl2N3O3/c1-8-5-10(14(18)9(2)13(8)17)15(23)11-6-20-21(4)16(11)24-7-12(22)19-3/h5-6H,7H2,1-4H3,(H,19,22). The number of ether oxygens (including phenoxy) is 1. The molecule has 1 heterocycles. The largest absolute Gasteiger partial charge is 0.467 e. The zero-order valence-electron chi connectivity index (χ0n) is 13.7. The second kappa shape index (κ2) is 7.23. The summed E-state index contributed by atoms with van der Waals surface area (Å²) in [7, 11) is 3.12. The van der Waals surface area contributed by atoms with E-state index in [0.29, 0.717) is 16.1 Å². The highest BCUT2D eigenvalue weighted by molar-refractivity contribution is 6.39. The lowest BCUT2D eigenvalue weighted by molar-refractivity contribution is -0.122. The van der Waals surface area contributed by atoms with Crippen molar-refractivity contribution < 1.29 is 14.3 Å². The Morgan fingerprint density at radius 3 is 2.54 bits per heavy atom. The van der Waals surface area contributed by atoms with Gasteiger partial charge in [0.2, 0.25) is 11.7 Å². The molecule has 2 aromatic rings. The van der Waals surface area contributed by atoms with Crippen LogP contribution in [0.25, 0.3) is 0 Å². The first kappa shape index (κ1) is 18.3. The fraction of sp³-hybridized carbons (Fsp3) is 0.312. The third-order valence-corrected chi connectivity index (χ3v) is 4.66. The molecule has 0 aliphatic heterocycles. The van der Waals surface area contributed by atoms with Crippen LogP contribution in [0.3, 0.4) is 0 Å². The number of aromatic nitrogens is 2. The Balaban J connectivity index is 2.43. The van der Waals surface area contributed by atoms with Crippen molar-refractivity contribution in [3.05, 3.63) is 44.6 Å². The molecule has 2 rings (SSSR count). The maximum atomic E-state index is 12.9. The van der Waals surface area contributed by atoms with Gasteiger partial charge in [-0.15, -0.1) is 0 Å². The molecule has 128 valence electrons. The SMILES string of the molecule is CNC(=O)COc1c(C(=O)c2cc(C)c(Cl)c(C)c2Cl)cnn1C. The van der Waals surface area contributed by atoms with Crippen LogP contribution in [0.4, 0.5) is 0 Å². The molecule has 0 aliphatic rings. The maximum Gasteiger partial charge on any atom is 0.257 e. The molecular formula is C16H17Cl2N3O3. The number of aryl methyl sites for hydroxylation is 2. The molecule has 1 N–H and O–H groups in total. The number of benzene rings is 1. The number of rotatable bonds is 5. The van der Waals surface area contributed by atoms with Crippen LogP contribution in [-0.2, 0) is 11.8 Å². The first-order valence-corrected chi connectivity index (χ1v) is 7.88. The van der Waals surface area contributed by atoms with Crippen LogP contribution in [-0.4, -0.2) is 35.1 Å². The highest BCUT2D eigenvalue weighted by Crippen LogP contribution is 2.33. The van der Waals surface area contributed by atoms with Gasteiger partial charge in [0.05, 0.1) is 11.2 Å². The van der Waals surface area contributed by atoms with E-state index in [9.17, 15) is 9.59 Å². The van der Waals surface area contributed by atoms with Crippen molar-refractivity contribution in [2.24, 2.45) is 7.05 Å². The maximum absolute atomic E-state index is 12.9. The molecule has 1 aromatic carbocycles. The fourth-order valence-corrected chi connectivity index (χ4v) is 2.64. The molecule has 0 unspecified atom stereocenters. The number of likely N-dealkylation sites (N-methyl/N-ethyl adjacent to an activating group) is 1. The number of hydrogen-bond donors (Lipinski definition) is 1. The molecule has 0 radical (unpaired) electrons. The number of ketones is 1. The van der Waals surface area contributed by atoms with Gasteiger partial charge in [-0.25, -0.2) is 4.68 Å². The molecule has 0 saturated heterocycles. The highest BCUT2D eigenvalue weighted by Gasteiger charge is 2.23. The Morgan fingerprint density at radius 1 is 1.25 bits per heavy atom. The number of carbonyl (C=O) groups is 2. The Bertz CT molecular complexity index is 815. The van der Waals surface area contributed by atoms with Gasteiger partial charge in [0.15, 0.2) is 6.61 Å². The minimum atomic E-state index is -0.345. The fourth-order valence-electron chi connectivity index (χ4n) is 2.21. The van der Waals surface area contributed by atoms with Crippen LogP contribution in [0.5, 0.6) is 5.88 Å². The van der Waals surface area contributed by atoms with Crippen molar-refractivity contribution in [2.75, 3.05) is 13.7 Å². The second-order valence-corrected chi connectivity index (χ2v) is 6.03. The number of amides is 1. The summed E-state index contributed by atoms with van der Waals surface area (Å²) in [4.78, 5) is 24.2. The number of nitrogens with one attached hydrogen (secondary N) is 1. The average molecular weight is 370 g/mol. The van der Waals surface area contributed by atoms with E-state index in [4.69, 9.17) is 27.9 Å². The van der Waals surface area contributed by atoms with Crippen molar-refractivity contribution in [3.63, 3.8) is 0 Å². The molecule has 1 aromatic heterocycles. The van der Waals surface area contributed by atoms with Gasteiger partial charge < -0.3 is 10.1 Å². The Kier molecular flexibility index (Phi) is 5.51. The topological polar surface area (TPSA) is 73.2 Å². The molecule has 1 amide bonds. The van der Waals surface area contributed by atoms with E-state index in [2.05, 4.69) is 10.4 Å². The summed E-state index contributed by atoms with van der Waals surface area (Å²) in [5.74, 6) is -0.460. The summed E-state index contributed by atoms with van der Waals surface area (Å²) < 4.78 is 6.81. The summed E-state index contributed by atoms with van der Waals surface area (Å²) in [6.45, 7) is 3.33. The lowest BCUT2D eigenvalue weighted by Gasteiger charge is -2.11. The van der Waals surface area contributed by atoms with Gasteiger partial charge in [-0.05, 0) is 31.0 Å². The van der Waals surface area contributed by atoms with E-state index >= 15 is 0 Å². The van der Waals surface area contributed by atoms with Gasteiger partial charge in [0, 0.05) is 24.7 Å². The lowest BCUT2D eigenvalue weighted by atomic mass is 10.0. The monoisotopic (exact) mass is 369 g/mol. The molecule has 0 fully saturated rings. The molecule has 0 bridgehead atoms. The van der Waals surface area contributed by atoms with Gasteiger partial charge in [-0.1, -0.05) is 23.2 Å². The number of hydrogen-bond acceptors (Lipinski definition) is 4. The molecule has 0 atom stereocenters. The smallest absolute Gasteiger partial charge is 0.257 e. The second-order valence-electron chi connectivity index (χ2n) is 5.27. The summed E-state index contributed by atoms with van der Waals surface area (Å²) >= 11 is 12.4.